The van der Waals surface area contributed by atoms with Gasteiger partial charge in [0.1, 0.15) is 23.1 Å². The van der Waals surface area contributed by atoms with E-state index >= 15 is 0 Å². The van der Waals surface area contributed by atoms with Crippen molar-refractivity contribution in [2.75, 3.05) is 30.9 Å². The van der Waals surface area contributed by atoms with E-state index in [0.717, 1.165) is 59.9 Å². The van der Waals surface area contributed by atoms with Crippen LogP contribution in [0.4, 0.5) is 15.8 Å². The molecule has 0 saturated heterocycles. The summed E-state index contributed by atoms with van der Waals surface area (Å²) in [6, 6.07) is 12.6. The number of ether oxygens (including phenoxy) is 1. The van der Waals surface area contributed by atoms with Gasteiger partial charge in [-0.3, -0.25) is 9.98 Å². The van der Waals surface area contributed by atoms with Crippen molar-refractivity contribution >= 4 is 29.6 Å². The number of methoxy groups -OCH3 is 1. The van der Waals surface area contributed by atoms with Gasteiger partial charge < -0.3 is 20.3 Å². The van der Waals surface area contributed by atoms with Crippen LogP contribution in [0, 0.1) is 5.82 Å². The third-order valence-corrected chi connectivity index (χ3v) is 5.92. The van der Waals surface area contributed by atoms with Gasteiger partial charge in [-0.05, 0) is 86.7 Å². The molecule has 0 aromatic heterocycles. The van der Waals surface area contributed by atoms with Crippen LogP contribution in [-0.4, -0.2) is 38.5 Å². The van der Waals surface area contributed by atoms with Gasteiger partial charge in [0.15, 0.2) is 0 Å². The first-order valence-electron chi connectivity index (χ1n) is 12.0. The Hall–Kier alpha value is -3.61. The van der Waals surface area contributed by atoms with Crippen molar-refractivity contribution in [1.29, 1.82) is 0 Å². The zero-order chi connectivity index (χ0) is 25.3. The lowest BCUT2D eigenvalue weighted by atomic mass is 10.00. The highest BCUT2D eigenvalue weighted by molar-refractivity contribution is 6.03. The lowest BCUT2D eigenvalue weighted by molar-refractivity contribution is 0.416. The summed E-state index contributed by atoms with van der Waals surface area (Å²) in [5.41, 5.74) is 3.51. The number of aliphatic imine (C=N–C) groups is 2. The Labute approximate surface area is 208 Å². The zero-order valence-corrected chi connectivity index (χ0v) is 21.3. The summed E-state index contributed by atoms with van der Waals surface area (Å²) >= 11 is 0. The molecule has 1 atom stereocenters. The van der Waals surface area contributed by atoms with Gasteiger partial charge in [-0.25, -0.2) is 4.39 Å². The molecule has 0 bridgehead atoms. The minimum Gasteiger partial charge on any atom is -0.495 e. The maximum Gasteiger partial charge on any atom is 0.143 e. The summed E-state index contributed by atoms with van der Waals surface area (Å²) in [6.45, 7) is 6.95. The van der Waals surface area contributed by atoms with Gasteiger partial charge in [0.2, 0.25) is 0 Å². The highest BCUT2D eigenvalue weighted by atomic mass is 19.1. The number of allylic oxidation sites excluding steroid dienone is 1. The average molecular weight is 478 g/mol. The number of anilines is 2. The van der Waals surface area contributed by atoms with E-state index in [1.54, 1.807) is 32.6 Å². The van der Waals surface area contributed by atoms with Gasteiger partial charge in [0.25, 0.3) is 0 Å². The molecule has 0 aliphatic carbocycles. The highest BCUT2D eigenvalue weighted by Gasteiger charge is 2.25. The Morgan fingerprint density at radius 2 is 1.97 bits per heavy atom. The van der Waals surface area contributed by atoms with Crippen LogP contribution in [0.2, 0.25) is 0 Å². The second-order valence-electron chi connectivity index (χ2n) is 8.64. The SMILES string of the molecule is C/C=C/N(C=NC)c1ccc(/C=C2\CCCN=C2NC(C)(CC)Nc2ccc(F)cc2)cc1OC. The van der Waals surface area contributed by atoms with Crippen LogP contribution in [0.5, 0.6) is 5.75 Å². The highest BCUT2D eigenvalue weighted by Crippen LogP contribution is 2.31. The summed E-state index contributed by atoms with van der Waals surface area (Å²) in [5, 5.41) is 7.11. The maximum absolute atomic E-state index is 13.3. The predicted octanol–water partition coefficient (Wildman–Crippen LogP) is 6.24. The smallest absolute Gasteiger partial charge is 0.143 e. The number of hydrogen-bond acceptors (Lipinski definition) is 5. The lowest BCUT2D eigenvalue weighted by Crippen LogP contribution is -2.52. The van der Waals surface area contributed by atoms with Crippen molar-refractivity contribution in [3.8, 4) is 5.75 Å². The molecule has 35 heavy (non-hydrogen) atoms. The Bertz CT molecular complexity index is 1090. The maximum atomic E-state index is 13.3. The molecule has 0 radical (unpaired) electrons. The quantitative estimate of drug-likeness (QED) is 0.255. The van der Waals surface area contributed by atoms with Crippen molar-refractivity contribution in [2.45, 2.75) is 45.7 Å². The first-order valence-corrected chi connectivity index (χ1v) is 12.0. The third kappa shape index (κ3) is 6.94. The molecular formula is C28H36FN5O. The molecule has 0 saturated carbocycles. The average Bonchev–Trinajstić information content (AvgIpc) is 2.86. The van der Waals surface area contributed by atoms with Crippen LogP contribution in [0.1, 0.15) is 45.6 Å². The molecule has 1 unspecified atom stereocenters. The molecule has 1 aliphatic rings. The van der Waals surface area contributed by atoms with Gasteiger partial charge in [0, 0.05) is 25.5 Å². The fourth-order valence-electron chi connectivity index (χ4n) is 3.93. The first-order chi connectivity index (χ1) is 16.9. The standard InChI is InChI=1S/C28H36FN5O/c1-6-17-34(20-30-4)25-15-10-21(19-26(25)35-5)18-22-9-8-16-31-27(22)33-28(3,7-2)32-24-13-11-23(29)12-14-24/h6,10-15,17-20,32H,7-9,16H2,1-5H3,(H,31,33)/b17-6+,22-18+,30-20?. The number of rotatable bonds is 9. The van der Waals surface area contributed by atoms with E-state index in [1.165, 1.54) is 12.1 Å². The molecule has 7 heteroatoms. The molecular weight excluding hydrogens is 441 g/mol. The fourth-order valence-corrected chi connectivity index (χ4v) is 3.93. The Balaban J connectivity index is 1.87. The van der Waals surface area contributed by atoms with E-state index in [4.69, 9.17) is 9.73 Å². The van der Waals surface area contributed by atoms with Crippen molar-refractivity contribution < 1.29 is 9.13 Å². The summed E-state index contributed by atoms with van der Waals surface area (Å²) in [6.07, 6.45) is 10.6. The van der Waals surface area contributed by atoms with E-state index in [-0.39, 0.29) is 5.82 Å². The Morgan fingerprint density at radius 1 is 1.20 bits per heavy atom. The molecule has 1 heterocycles. The van der Waals surface area contributed by atoms with E-state index in [9.17, 15) is 4.39 Å². The topological polar surface area (TPSA) is 61.2 Å². The third-order valence-electron chi connectivity index (χ3n) is 5.92. The second kappa shape index (κ2) is 12.2. The monoisotopic (exact) mass is 477 g/mol. The van der Waals surface area contributed by atoms with Crippen molar-refractivity contribution in [3.63, 3.8) is 0 Å². The van der Waals surface area contributed by atoms with Crippen LogP contribution >= 0.6 is 0 Å². The molecule has 1 aliphatic heterocycles. The Morgan fingerprint density at radius 3 is 2.63 bits per heavy atom. The van der Waals surface area contributed by atoms with Crippen LogP contribution in [0.15, 0.2) is 70.3 Å². The summed E-state index contributed by atoms with van der Waals surface area (Å²) in [7, 11) is 3.42. The molecule has 186 valence electrons. The number of benzene rings is 2. The lowest BCUT2D eigenvalue weighted by Gasteiger charge is -2.35. The molecule has 2 N–H and O–H groups in total. The molecule has 6 nitrogen and oxygen atoms in total. The molecule has 2 aromatic carbocycles. The number of amidine groups is 1. The summed E-state index contributed by atoms with van der Waals surface area (Å²) in [5.74, 6) is 1.39. The molecule has 0 spiro atoms. The van der Waals surface area contributed by atoms with Gasteiger partial charge in [0.05, 0.1) is 19.1 Å². The largest absolute Gasteiger partial charge is 0.495 e. The van der Waals surface area contributed by atoms with Crippen LogP contribution in [0.3, 0.4) is 0 Å². The Kier molecular flexibility index (Phi) is 9.06. The minimum absolute atomic E-state index is 0.249. The van der Waals surface area contributed by atoms with Gasteiger partial charge in [-0.1, -0.05) is 19.1 Å². The number of hydrogen-bond donors (Lipinski definition) is 2. The molecule has 3 rings (SSSR count). The van der Waals surface area contributed by atoms with E-state index in [1.807, 2.05) is 36.2 Å². The van der Waals surface area contributed by atoms with Gasteiger partial charge in [-0.15, -0.1) is 0 Å². The zero-order valence-electron chi connectivity index (χ0n) is 21.3. The number of nitrogens with zero attached hydrogens (tertiary/aromatic N) is 3. The van der Waals surface area contributed by atoms with Crippen molar-refractivity contribution in [3.05, 3.63) is 71.7 Å². The van der Waals surface area contributed by atoms with Crippen LogP contribution in [0.25, 0.3) is 6.08 Å². The van der Waals surface area contributed by atoms with E-state index in [0.29, 0.717) is 0 Å². The number of halogens is 1. The number of nitrogens with one attached hydrogen (secondary N) is 2. The minimum atomic E-state index is -0.443. The van der Waals surface area contributed by atoms with E-state index in [2.05, 4.69) is 41.6 Å². The first kappa shape index (κ1) is 26.0. The van der Waals surface area contributed by atoms with Crippen molar-refractivity contribution in [2.24, 2.45) is 9.98 Å². The van der Waals surface area contributed by atoms with Gasteiger partial charge >= 0.3 is 0 Å². The van der Waals surface area contributed by atoms with Crippen molar-refractivity contribution in [1.82, 2.24) is 5.32 Å². The van der Waals surface area contributed by atoms with E-state index < -0.39 is 5.66 Å². The molecule has 0 fully saturated rings. The fraction of sp³-hybridized carbons (Fsp3) is 0.357. The normalized spacial score (nSPS) is 16.9. The van der Waals surface area contributed by atoms with Crippen LogP contribution < -0.4 is 20.3 Å². The molecule has 2 aromatic rings. The predicted molar refractivity (Wildman–Crippen MR) is 146 cm³/mol. The summed E-state index contributed by atoms with van der Waals surface area (Å²) < 4.78 is 19.0. The van der Waals surface area contributed by atoms with Gasteiger partial charge in [-0.2, -0.15) is 0 Å². The summed E-state index contributed by atoms with van der Waals surface area (Å²) in [4.78, 5) is 10.9. The van der Waals surface area contributed by atoms with Crippen LogP contribution in [-0.2, 0) is 0 Å². The molecule has 0 amide bonds. The second-order valence-corrected chi connectivity index (χ2v) is 8.64.